The molecule has 0 spiro atoms. The lowest BCUT2D eigenvalue weighted by molar-refractivity contribution is 0.856. The summed E-state index contributed by atoms with van der Waals surface area (Å²) >= 11 is 0. The molecule has 0 aliphatic carbocycles. The van der Waals surface area contributed by atoms with Gasteiger partial charge in [0.05, 0.1) is 0 Å². The summed E-state index contributed by atoms with van der Waals surface area (Å²) in [6.45, 7) is 9.74. The first-order chi connectivity index (χ1) is 6.15. The number of hydrogen-bond acceptors (Lipinski definition) is 1. The highest BCUT2D eigenvalue weighted by molar-refractivity contribution is 5.48. The van der Waals surface area contributed by atoms with Crippen molar-refractivity contribution in [2.75, 3.05) is 11.9 Å². The summed E-state index contributed by atoms with van der Waals surface area (Å²) in [5, 5.41) is 3.31. The van der Waals surface area contributed by atoms with Gasteiger partial charge in [-0.2, -0.15) is 0 Å². The molecule has 1 N–H and O–H groups in total. The molecule has 0 fully saturated rings. The lowest BCUT2D eigenvalue weighted by atomic mass is 9.98. The maximum absolute atomic E-state index is 3.31. The summed E-state index contributed by atoms with van der Waals surface area (Å²) in [5.41, 5.74) is 4.06. The van der Waals surface area contributed by atoms with Gasteiger partial charge in [0, 0.05) is 12.2 Å². The van der Waals surface area contributed by atoms with Crippen LogP contribution in [0.4, 0.5) is 5.69 Å². The highest BCUT2D eigenvalue weighted by atomic mass is 14.8. The van der Waals surface area contributed by atoms with Gasteiger partial charge in [0.2, 0.25) is 0 Å². The quantitative estimate of drug-likeness (QED) is 0.744. The monoisotopic (exact) mass is 177 g/mol. The van der Waals surface area contributed by atoms with E-state index in [0.717, 1.165) is 6.54 Å². The number of hydrogen-bond donors (Lipinski definition) is 1. The van der Waals surface area contributed by atoms with Crippen molar-refractivity contribution in [1.29, 1.82) is 0 Å². The molecular formula is C12H19N. The van der Waals surface area contributed by atoms with Crippen molar-refractivity contribution in [2.45, 2.75) is 33.6 Å². The molecule has 0 heterocycles. The lowest BCUT2D eigenvalue weighted by Crippen LogP contribution is -1.98. The Morgan fingerprint density at radius 2 is 2.00 bits per heavy atom. The Bertz CT molecular complexity index is 276. The van der Waals surface area contributed by atoms with Crippen LogP contribution in [0.1, 0.15) is 37.8 Å². The van der Waals surface area contributed by atoms with Gasteiger partial charge in [0.1, 0.15) is 0 Å². The molecule has 0 amide bonds. The van der Waals surface area contributed by atoms with Gasteiger partial charge >= 0.3 is 0 Å². The summed E-state index contributed by atoms with van der Waals surface area (Å²) in [5.74, 6) is 0.621. The molecule has 1 heteroatoms. The van der Waals surface area contributed by atoms with E-state index in [1.165, 1.54) is 16.8 Å². The van der Waals surface area contributed by atoms with E-state index in [4.69, 9.17) is 0 Å². The van der Waals surface area contributed by atoms with E-state index < -0.39 is 0 Å². The second kappa shape index (κ2) is 4.31. The van der Waals surface area contributed by atoms with E-state index in [2.05, 4.69) is 51.2 Å². The Hall–Kier alpha value is -0.980. The largest absolute Gasteiger partial charge is 0.385 e. The predicted molar refractivity (Wildman–Crippen MR) is 59.4 cm³/mol. The van der Waals surface area contributed by atoms with Crippen molar-refractivity contribution in [3.8, 4) is 0 Å². The molecule has 1 aromatic carbocycles. The van der Waals surface area contributed by atoms with Crippen LogP contribution in [-0.4, -0.2) is 6.54 Å². The molecule has 0 radical (unpaired) electrons. The first-order valence-corrected chi connectivity index (χ1v) is 4.99. The van der Waals surface area contributed by atoms with Gasteiger partial charge in [0.15, 0.2) is 0 Å². The van der Waals surface area contributed by atoms with Crippen LogP contribution in [0.15, 0.2) is 18.2 Å². The molecule has 13 heavy (non-hydrogen) atoms. The topological polar surface area (TPSA) is 12.0 Å². The van der Waals surface area contributed by atoms with Gasteiger partial charge < -0.3 is 5.32 Å². The molecule has 0 unspecified atom stereocenters. The zero-order valence-corrected chi connectivity index (χ0v) is 9.02. The molecule has 72 valence electrons. The Morgan fingerprint density at radius 1 is 1.31 bits per heavy atom. The van der Waals surface area contributed by atoms with Crippen molar-refractivity contribution in [2.24, 2.45) is 0 Å². The zero-order chi connectivity index (χ0) is 9.84. The number of rotatable bonds is 3. The normalized spacial score (nSPS) is 10.5. The maximum atomic E-state index is 3.31. The molecular weight excluding hydrogens is 158 g/mol. The number of aryl methyl sites for hydroxylation is 1. The van der Waals surface area contributed by atoms with Crippen LogP contribution in [-0.2, 0) is 0 Å². The molecule has 0 aliphatic heterocycles. The van der Waals surface area contributed by atoms with Crippen molar-refractivity contribution in [1.82, 2.24) is 0 Å². The fourth-order valence-corrected chi connectivity index (χ4v) is 1.64. The van der Waals surface area contributed by atoms with E-state index in [0.29, 0.717) is 5.92 Å². The summed E-state index contributed by atoms with van der Waals surface area (Å²) in [4.78, 5) is 0. The molecule has 0 aliphatic rings. The second-order valence-corrected chi connectivity index (χ2v) is 3.76. The van der Waals surface area contributed by atoms with Gasteiger partial charge in [0.25, 0.3) is 0 Å². The molecule has 1 aromatic rings. The number of benzene rings is 1. The Morgan fingerprint density at radius 3 is 2.46 bits per heavy atom. The average Bonchev–Trinajstić information content (AvgIpc) is 2.04. The van der Waals surface area contributed by atoms with Gasteiger partial charge in [-0.1, -0.05) is 19.9 Å². The minimum Gasteiger partial charge on any atom is -0.385 e. The third-order valence-corrected chi connectivity index (χ3v) is 2.27. The average molecular weight is 177 g/mol. The predicted octanol–water partition coefficient (Wildman–Crippen LogP) is 3.55. The maximum Gasteiger partial charge on any atom is 0.0342 e. The minimum atomic E-state index is 0.621. The van der Waals surface area contributed by atoms with E-state index in [1.807, 2.05) is 0 Å². The van der Waals surface area contributed by atoms with Crippen LogP contribution in [0.5, 0.6) is 0 Å². The van der Waals surface area contributed by atoms with Gasteiger partial charge in [-0.25, -0.2) is 0 Å². The van der Waals surface area contributed by atoms with E-state index in [1.54, 1.807) is 0 Å². The first-order valence-electron chi connectivity index (χ1n) is 4.99. The molecule has 0 atom stereocenters. The molecule has 0 saturated heterocycles. The van der Waals surface area contributed by atoms with Crippen molar-refractivity contribution in [3.05, 3.63) is 29.3 Å². The summed E-state index contributed by atoms with van der Waals surface area (Å²) in [6, 6.07) is 6.60. The van der Waals surface area contributed by atoms with Crippen LogP contribution in [0, 0.1) is 6.92 Å². The van der Waals surface area contributed by atoms with E-state index in [-0.39, 0.29) is 0 Å². The number of anilines is 1. The Labute approximate surface area is 81.2 Å². The van der Waals surface area contributed by atoms with Crippen LogP contribution < -0.4 is 5.32 Å². The number of nitrogens with one attached hydrogen (secondary N) is 1. The molecule has 1 nitrogen and oxygen atoms in total. The van der Waals surface area contributed by atoms with Crippen molar-refractivity contribution < 1.29 is 0 Å². The molecule has 0 bridgehead atoms. The molecule has 0 aromatic heterocycles. The summed E-state index contributed by atoms with van der Waals surface area (Å²) < 4.78 is 0. The van der Waals surface area contributed by atoms with Crippen molar-refractivity contribution in [3.63, 3.8) is 0 Å². The first kappa shape index (κ1) is 10.1. The summed E-state index contributed by atoms with van der Waals surface area (Å²) in [7, 11) is 0. The SMILES string of the molecule is CCNc1ccc(C(C)C)c(C)c1. The fourth-order valence-electron chi connectivity index (χ4n) is 1.64. The molecule has 1 rings (SSSR count). The van der Waals surface area contributed by atoms with Crippen molar-refractivity contribution >= 4 is 5.69 Å². The summed E-state index contributed by atoms with van der Waals surface area (Å²) in [6.07, 6.45) is 0. The fraction of sp³-hybridized carbons (Fsp3) is 0.500. The van der Waals surface area contributed by atoms with E-state index in [9.17, 15) is 0 Å². The van der Waals surface area contributed by atoms with Gasteiger partial charge in [-0.05, 0) is 43.0 Å². The van der Waals surface area contributed by atoms with Gasteiger partial charge in [-0.15, -0.1) is 0 Å². The highest BCUT2D eigenvalue weighted by Crippen LogP contribution is 2.21. The van der Waals surface area contributed by atoms with E-state index >= 15 is 0 Å². The standard InChI is InChI=1S/C12H19N/c1-5-13-11-6-7-12(9(2)3)10(4)8-11/h6-9,13H,5H2,1-4H3. The third-order valence-electron chi connectivity index (χ3n) is 2.27. The van der Waals surface area contributed by atoms with Crippen LogP contribution in [0.25, 0.3) is 0 Å². The van der Waals surface area contributed by atoms with Crippen LogP contribution in [0.2, 0.25) is 0 Å². The zero-order valence-electron chi connectivity index (χ0n) is 9.02. The van der Waals surface area contributed by atoms with Gasteiger partial charge in [-0.3, -0.25) is 0 Å². The highest BCUT2D eigenvalue weighted by Gasteiger charge is 2.02. The minimum absolute atomic E-state index is 0.621. The smallest absolute Gasteiger partial charge is 0.0342 e. The third kappa shape index (κ3) is 2.48. The Kier molecular flexibility index (Phi) is 3.35. The lowest BCUT2D eigenvalue weighted by Gasteiger charge is -2.11. The van der Waals surface area contributed by atoms with Crippen LogP contribution >= 0.6 is 0 Å². The molecule has 0 saturated carbocycles. The Balaban J connectivity index is 2.92. The second-order valence-electron chi connectivity index (χ2n) is 3.76. The van der Waals surface area contributed by atoms with Crippen LogP contribution in [0.3, 0.4) is 0 Å².